The molecule has 9 heteroatoms. The Kier molecular flexibility index (Phi) is 6.99. The van der Waals surface area contributed by atoms with Gasteiger partial charge in [0.25, 0.3) is 17.4 Å². The van der Waals surface area contributed by atoms with Crippen molar-refractivity contribution in [3.63, 3.8) is 0 Å². The largest absolute Gasteiger partial charge is 0.507 e. The van der Waals surface area contributed by atoms with Crippen LogP contribution < -0.4 is 0 Å². The van der Waals surface area contributed by atoms with E-state index in [2.05, 4.69) is 0 Å². The number of amides is 1. The third-order valence-corrected chi connectivity index (χ3v) is 5.27. The zero-order valence-electron chi connectivity index (χ0n) is 17.1. The minimum Gasteiger partial charge on any atom is -0.507 e. The number of carboxylic acid groups (broad SMARTS) is 1. The molecule has 0 saturated carbocycles. The van der Waals surface area contributed by atoms with Crippen LogP contribution >= 0.6 is 0 Å². The van der Waals surface area contributed by atoms with Crippen molar-refractivity contribution in [1.82, 2.24) is 4.90 Å². The van der Waals surface area contributed by atoms with Gasteiger partial charge in [0.15, 0.2) is 0 Å². The number of carbonyl (C=O) groups excluding carboxylic acids is 2. The lowest BCUT2D eigenvalue weighted by Crippen LogP contribution is -2.30. The van der Waals surface area contributed by atoms with E-state index < -0.39 is 28.6 Å². The Bertz CT molecular complexity index is 1080. The Morgan fingerprint density at radius 1 is 1.00 bits per heavy atom. The maximum Gasteiger partial charge on any atom is 0.303 e. The lowest BCUT2D eigenvalue weighted by molar-refractivity contribution is -0.384. The number of nitrogens with zero attached hydrogens (tertiary/aromatic N) is 2. The van der Waals surface area contributed by atoms with Crippen molar-refractivity contribution in [3.8, 4) is 0 Å². The summed E-state index contributed by atoms with van der Waals surface area (Å²) in [6, 6.07) is 12.9. The summed E-state index contributed by atoms with van der Waals surface area (Å²) in [5.41, 5.74) is 0.352. The van der Waals surface area contributed by atoms with Crippen molar-refractivity contribution in [1.29, 1.82) is 0 Å². The fourth-order valence-electron chi connectivity index (χ4n) is 3.75. The Hall–Kier alpha value is -4.01. The van der Waals surface area contributed by atoms with Gasteiger partial charge in [-0.05, 0) is 18.4 Å². The number of Topliss-reactive ketones (excluding diaryl/α,β-unsaturated/α-hetero) is 1. The number of non-ortho nitro benzene ring substituents is 1. The molecule has 1 aliphatic rings. The molecule has 2 N–H and O–H groups in total. The first-order chi connectivity index (χ1) is 15.3. The zero-order chi connectivity index (χ0) is 23.3. The lowest BCUT2D eigenvalue weighted by atomic mass is 9.95. The van der Waals surface area contributed by atoms with Gasteiger partial charge in [-0.3, -0.25) is 24.5 Å². The zero-order valence-corrected chi connectivity index (χ0v) is 17.1. The highest BCUT2D eigenvalue weighted by Gasteiger charge is 2.46. The monoisotopic (exact) mass is 438 g/mol. The van der Waals surface area contributed by atoms with Crippen molar-refractivity contribution in [2.24, 2.45) is 0 Å². The summed E-state index contributed by atoms with van der Waals surface area (Å²) >= 11 is 0. The summed E-state index contributed by atoms with van der Waals surface area (Å²) in [4.78, 5) is 48.4. The van der Waals surface area contributed by atoms with E-state index in [-0.39, 0.29) is 30.0 Å². The molecular formula is C23H22N2O7. The molecule has 1 atom stereocenters. The smallest absolute Gasteiger partial charge is 0.303 e. The average molecular weight is 438 g/mol. The second-order valence-corrected chi connectivity index (χ2v) is 7.42. The van der Waals surface area contributed by atoms with Crippen LogP contribution in [0.25, 0.3) is 5.76 Å². The first-order valence-corrected chi connectivity index (χ1v) is 10.1. The molecule has 9 nitrogen and oxygen atoms in total. The fraction of sp³-hybridized carbons (Fsp3) is 0.261. The van der Waals surface area contributed by atoms with E-state index in [4.69, 9.17) is 5.11 Å². The van der Waals surface area contributed by atoms with Gasteiger partial charge in [0.2, 0.25) is 0 Å². The number of carboxylic acids is 1. The SMILES string of the molecule is O=C(O)CCCCCN1C(=O)C(=O)C(=C(O)c2ccccc2)[C@@H]1c1cccc([N+](=O)[O-])c1. The number of ketones is 1. The number of nitro benzene ring substituents is 1. The molecule has 1 heterocycles. The average Bonchev–Trinajstić information content (AvgIpc) is 3.03. The number of unbranched alkanes of at least 4 members (excludes halogenated alkanes) is 2. The number of benzene rings is 2. The molecule has 0 aromatic heterocycles. The van der Waals surface area contributed by atoms with Gasteiger partial charge in [-0.1, -0.05) is 48.9 Å². The van der Waals surface area contributed by atoms with Crippen molar-refractivity contribution >= 4 is 29.1 Å². The number of carbonyl (C=O) groups is 3. The predicted octanol–water partition coefficient (Wildman–Crippen LogP) is 3.66. The molecule has 0 radical (unpaired) electrons. The highest BCUT2D eigenvalue weighted by Crippen LogP contribution is 2.40. The molecule has 166 valence electrons. The molecule has 2 aromatic rings. The molecule has 1 fully saturated rings. The predicted molar refractivity (Wildman–Crippen MR) is 115 cm³/mol. The van der Waals surface area contributed by atoms with E-state index in [1.807, 2.05) is 0 Å². The van der Waals surface area contributed by atoms with Gasteiger partial charge >= 0.3 is 5.97 Å². The van der Waals surface area contributed by atoms with Crippen LogP contribution in [0.1, 0.15) is 42.9 Å². The number of likely N-dealkylation sites (tertiary alicyclic amines) is 1. The van der Waals surface area contributed by atoms with Crippen LogP contribution in [-0.2, 0) is 14.4 Å². The topological polar surface area (TPSA) is 138 Å². The van der Waals surface area contributed by atoms with Crippen LogP contribution in [0.2, 0.25) is 0 Å². The first kappa shape index (κ1) is 22.7. The van der Waals surface area contributed by atoms with E-state index in [0.717, 1.165) is 0 Å². The molecule has 0 aliphatic carbocycles. The number of hydrogen-bond acceptors (Lipinski definition) is 6. The maximum atomic E-state index is 12.9. The number of rotatable bonds is 9. The first-order valence-electron chi connectivity index (χ1n) is 10.1. The van der Waals surface area contributed by atoms with E-state index in [1.54, 1.807) is 36.4 Å². The van der Waals surface area contributed by atoms with Gasteiger partial charge in [0.05, 0.1) is 16.5 Å². The Morgan fingerprint density at radius 2 is 1.72 bits per heavy atom. The normalized spacial score (nSPS) is 17.5. The van der Waals surface area contributed by atoms with Crippen molar-refractivity contribution in [3.05, 3.63) is 81.4 Å². The van der Waals surface area contributed by atoms with Gasteiger partial charge in [0.1, 0.15) is 5.76 Å². The summed E-state index contributed by atoms with van der Waals surface area (Å²) in [5, 5.41) is 30.9. The standard InChI is InChI=1S/C23H22N2O7/c26-18(27)12-5-2-6-13-24-20(16-10-7-11-17(14-16)25(31)32)19(22(29)23(24)30)21(28)15-8-3-1-4-9-15/h1,3-4,7-11,14,20,28H,2,5-6,12-13H2,(H,26,27)/t20-/m0/s1. The van der Waals surface area contributed by atoms with Gasteiger partial charge < -0.3 is 15.1 Å². The molecule has 0 unspecified atom stereocenters. The van der Waals surface area contributed by atoms with E-state index in [0.29, 0.717) is 30.4 Å². The second kappa shape index (κ2) is 9.86. The highest BCUT2D eigenvalue weighted by molar-refractivity contribution is 6.46. The van der Waals surface area contributed by atoms with Crippen LogP contribution in [0.3, 0.4) is 0 Å². The van der Waals surface area contributed by atoms with Gasteiger partial charge in [-0.2, -0.15) is 0 Å². The lowest BCUT2D eigenvalue weighted by Gasteiger charge is -2.25. The molecule has 32 heavy (non-hydrogen) atoms. The molecule has 3 rings (SSSR count). The minimum atomic E-state index is -0.991. The molecule has 1 amide bonds. The fourth-order valence-corrected chi connectivity index (χ4v) is 3.75. The van der Waals surface area contributed by atoms with Crippen LogP contribution in [0.4, 0.5) is 5.69 Å². The summed E-state index contributed by atoms with van der Waals surface area (Å²) in [5.74, 6) is -2.94. The molecule has 0 spiro atoms. The molecule has 1 saturated heterocycles. The Morgan fingerprint density at radius 3 is 2.38 bits per heavy atom. The van der Waals surface area contributed by atoms with E-state index in [1.165, 1.54) is 23.1 Å². The molecule has 0 bridgehead atoms. The quantitative estimate of drug-likeness (QED) is 0.152. The van der Waals surface area contributed by atoms with Crippen LogP contribution in [-0.4, -0.2) is 44.2 Å². The minimum absolute atomic E-state index is 0.00112. The number of nitro groups is 1. The summed E-state index contributed by atoms with van der Waals surface area (Å²) in [6.07, 6.45) is 1.39. The summed E-state index contributed by atoms with van der Waals surface area (Å²) in [6.45, 7) is 0.142. The van der Waals surface area contributed by atoms with Crippen molar-refractivity contribution < 1.29 is 29.5 Å². The Balaban J connectivity index is 2.01. The van der Waals surface area contributed by atoms with Gasteiger partial charge in [-0.15, -0.1) is 0 Å². The highest BCUT2D eigenvalue weighted by atomic mass is 16.6. The number of aliphatic hydroxyl groups is 1. The molecule has 1 aliphatic heterocycles. The number of aliphatic carboxylic acids is 1. The van der Waals surface area contributed by atoms with Crippen LogP contribution in [0.15, 0.2) is 60.2 Å². The summed E-state index contributed by atoms with van der Waals surface area (Å²) < 4.78 is 0. The van der Waals surface area contributed by atoms with E-state index in [9.17, 15) is 29.6 Å². The Labute approximate surface area is 183 Å². The maximum absolute atomic E-state index is 12.9. The van der Waals surface area contributed by atoms with Gasteiger partial charge in [-0.25, -0.2) is 0 Å². The van der Waals surface area contributed by atoms with Crippen molar-refractivity contribution in [2.75, 3.05) is 6.54 Å². The van der Waals surface area contributed by atoms with Crippen LogP contribution in [0.5, 0.6) is 0 Å². The third kappa shape index (κ3) is 4.83. The van der Waals surface area contributed by atoms with Crippen molar-refractivity contribution in [2.45, 2.75) is 31.7 Å². The molecular weight excluding hydrogens is 416 g/mol. The summed E-state index contributed by atoms with van der Waals surface area (Å²) in [7, 11) is 0. The van der Waals surface area contributed by atoms with E-state index >= 15 is 0 Å². The number of aliphatic hydroxyl groups excluding tert-OH is 1. The van der Waals surface area contributed by atoms with Crippen LogP contribution in [0, 0.1) is 10.1 Å². The third-order valence-electron chi connectivity index (χ3n) is 5.27. The van der Waals surface area contributed by atoms with Gasteiger partial charge in [0, 0.05) is 30.7 Å². The number of hydrogen-bond donors (Lipinski definition) is 2. The molecule has 2 aromatic carbocycles. The second-order valence-electron chi connectivity index (χ2n) is 7.42.